The fourth-order valence-corrected chi connectivity index (χ4v) is 2.26. The number of aryl methyl sites for hydroxylation is 1. The number of hydrogen-bond donors (Lipinski definition) is 1. The molecule has 0 bridgehead atoms. The van der Waals surface area contributed by atoms with Crippen molar-refractivity contribution in [3.05, 3.63) is 75.7 Å². The SMILES string of the molecule is CCc1nc2ccc(C(=O)c3ccccc3)cc2[nH]c1=O. The number of aromatic nitrogens is 2. The quantitative estimate of drug-likeness (QED) is 0.749. The Morgan fingerprint density at radius 1 is 1.10 bits per heavy atom. The van der Waals surface area contributed by atoms with Crippen LogP contribution >= 0.6 is 0 Å². The summed E-state index contributed by atoms with van der Waals surface area (Å²) in [5, 5.41) is 0. The van der Waals surface area contributed by atoms with Crippen LogP contribution in [0, 0.1) is 0 Å². The number of carbonyl (C=O) groups excluding carboxylic acids is 1. The first kappa shape index (κ1) is 13.2. The zero-order chi connectivity index (χ0) is 14.8. The van der Waals surface area contributed by atoms with E-state index in [1.54, 1.807) is 30.3 Å². The summed E-state index contributed by atoms with van der Waals surface area (Å²) in [4.78, 5) is 31.3. The summed E-state index contributed by atoms with van der Waals surface area (Å²) in [5.41, 5.74) is 2.74. The van der Waals surface area contributed by atoms with E-state index in [2.05, 4.69) is 9.97 Å². The Hall–Kier alpha value is -2.75. The van der Waals surface area contributed by atoms with Gasteiger partial charge in [-0.3, -0.25) is 9.59 Å². The Morgan fingerprint density at radius 3 is 2.57 bits per heavy atom. The molecule has 0 unspecified atom stereocenters. The maximum Gasteiger partial charge on any atom is 0.270 e. The number of ketones is 1. The third kappa shape index (κ3) is 2.48. The van der Waals surface area contributed by atoms with Gasteiger partial charge in [0.2, 0.25) is 0 Å². The number of carbonyl (C=O) groups is 1. The van der Waals surface area contributed by atoms with E-state index in [1.165, 1.54) is 0 Å². The fourth-order valence-electron chi connectivity index (χ4n) is 2.26. The van der Waals surface area contributed by atoms with Gasteiger partial charge >= 0.3 is 0 Å². The first-order valence-electron chi connectivity index (χ1n) is 6.81. The summed E-state index contributed by atoms with van der Waals surface area (Å²) >= 11 is 0. The molecule has 2 aromatic carbocycles. The standard InChI is InChI=1S/C17H14N2O2/c1-2-13-17(21)19-15-10-12(8-9-14(15)18-13)16(20)11-6-4-3-5-7-11/h3-10H,2H2,1H3,(H,19,21). The molecule has 1 N–H and O–H groups in total. The Kier molecular flexibility index (Phi) is 3.36. The second kappa shape index (κ2) is 5.32. The molecule has 4 heteroatoms. The third-order valence-corrected chi connectivity index (χ3v) is 3.40. The zero-order valence-electron chi connectivity index (χ0n) is 11.6. The van der Waals surface area contributed by atoms with E-state index < -0.39 is 0 Å². The van der Waals surface area contributed by atoms with E-state index >= 15 is 0 Å². The smallest absolute Gasteiger partial charge is 0.270 e. The maximum absolute atomic E-state index is 12.4. The summed E-state index contributed by atoms with van der Waals surface area (Å²) in [6.07, 6.45) is 0.579. The van der Waals surface area contributed by atoms with Gasteiger partial charge in [0.1, 0.15) is 5.69 Å². The van der Waals surface area contributed by atoms with E-state index in [0.29, 0.717) is 34.3 Å². The average molecular weight is 278 g/mol. The summed E-state index contributed by atoms with van der Waals surface area (Å²) in [5.74, 6) is -0.0714. The molecule has 0 aliphatic heterocycles. The van der Waals surface area contributed by atoms with Crippen LogP contribution in [0.15, 0.2) is 53.3 Å². The third-order valence-electron chi connectivity index (χ3n) is 3.40. The van der Waals surface area contributed by atoms with E-state index in [9.17, 15) is 9.59 Å². The molecule has 3 aromatic rings. The first-order chi connectivity index (χ1) is 10.2. The molecule has 0 aliphatic rings. The Bertz CT molecular complexity index is 867. The molecular weight excluding hydrogens is 264 g/mol. The first-order valence-corrected chi connectivity index (χ1v) is 6.81. The summed E-state index contributed by atoms with van der Waals surface area (Å²) in [6.45, 7) is 1.89. The number of rotatable bonds is 3. The number of H-pyrrole nitrogens is 1. The van der Waals surface area contributed by atoms with E-state index in [4.69, 9.17) is 0 Å². The summed E-state index contributed by atoms with van der Waals surface area (Å²) < 4.78 is 0. The Morgan fingerprint density at radius 2 is 1.86 bits per heavy atom. The van der Waals surface area contributed by atoms with Gasteiger partial charge in [0.15, 0.2) is 5.78 Å². The molecule has 0 atom stereocenters. The van der Waals surface area contributed by atoms with Crippen molar-refractivity contribution >= 4 is 16.8 Å². The molecule has 0 saturated carbocycles. The second-order valence-electron chi connectivity index (χ2n) is 4.79. The van der Waals surface area contributed by atoms with E-state index in [0.717, 1.165) is 0 Å². The highest BCUT2D eigenvalue weighted by Gasteiger charge is 2.10. The maximum atomic E-state index is 12.4. The highest BCUT2D eigenvalue weighted by molar-refractivity contribution is 6.10. The zero-order valence-corrected chi connectivity index (χ0v) is 11.6. The minimum absolute atomic E-state index is 0.0714. The van der Waals surface area contributed by atoms with Crippen LogP contribution in [0.1, 0.15) is 28.5 Å². The Labute approximate surface area is 121 Å². The molecule has 0 fully saturated rings. The lowest BCUT2D eigenvalue weighted by atomic mass is 10.0. The topological polar surface area (TPSA) is 62.8 Å². The van der Waals surface area contributed by atoms with Gasteiger partial charge in [-0.25, -0.2) is 4.98 Å². The van der Waals surface area contributed by atoms with Crippen molar-refractivity contribution in [2.75, 3.05) is 0 Å². The minimum Gasteiger partial charge on any atom is -0.319 e. The molecule has 0 radical (unpaired) electrons. The van der Waals surface area contributed by atoms with Gasteiger partial charge in [-0.2, -0.15) is 0 Å². The summed E-state index contributed by atoms with van der Waals surface area (Å²) in [6, 6.07) is 14.2. The normalized spacial score (nSPS) is 10.7. The van der Waals surface area contributed by atoms with Crippen LogP contribution in [-0.4, -0.2) is 15.8 Å². The van der Waals surface area contributed by atoms with Crippen LogP contribution in [0.25, 0.3) is 11.0 Å². The van der Waals surface area contributed by atoms with Crippen molar-refractivity contribution in [3.8, 4) is 0 Å². The van der Waals surface area contributed by atoms with Crippen LogP contribution in [0.3, 0.4) is 0 Å². The average Bonchev–Trinajstić information content (AvgIpc) is 2.53. The number of hydrogen-bond acceptors (Lipinski definition) is 3. The molecule has 0 aliphatic carbocycles. The molecule has 0 amide bonds. The highest BCUT2D eigenvalue weighted by atomic mass is 16.1. The number of nitrogens with one attached hydrogen (secondary N) is 1. The van der Waals surface area contributed by atoms with Crippen LogP contribution in [0.5, 0.6) is 0 Å². The van der Waals surface area contributed by atoms with Crippen molar-refractivity contribution in [1.29, 1.82) is 0 Å². The van der Waals surface area contributed by atoms with Crippen molar-refractivity contribution in [2.24, 2.45) is 0 Å². The van der Waals surface area contributed by atoms with Crippen molar-refractivity contribution in [2.45, 2.75) is 13.3 Å². The van der Waals surface area contributed by atoms with Crippen molar-refractivity contribution < 1.29 is 4.79 Å². The lowest BCUT2D eigenvalue weighted by Crippen LogP contribution is -2.14. The molecular formula is C17H14N2O2. The highest BCUT2D eigenvalue weighted by Crippen LogP contribution is 2.15. The summed E-state index contributed by atoms with van der Waals surface area (Å²) in [7, 11) is 0. The predicted molar refractivity (Wildman–Crippen MR) is 81.6 cm³/mol. The predicted octanol–water partition coefficient (Wildman–Crippen LogP) is 2.72. The van der Waals surface area contributed by atoms with Crippen molar-refractivity contribution in [3.63, 3.8) is 0 Å². The molecule has 104 valence electrons. The van der Waals surface area contributed by atoms with Gasteiger partial charge in [0.25, 0.3) is 5.56 Å². The van der Waals surface area contributed by atoms with Crippen LogP contribution in [-0.2, 0) is 6.42 Å². The van der Waals surface area contributed by atoms with Crippen LogP contribution in [0.4, 0.5) is 0 Å². The molecule has 1 aromatic heterocycles. The molecule has 0 spiro atoms. The molecule has 1 heterocycles. The lowest BCUT2D eigenvalue weighted by Gasteiger charge is -2.04. The molecule has 21 heavy (non-hydrogen) atoms. The van der Waals surface area contributed by atoms with Gasteiger partial charge in [-0.15, -0.1) is 0 Å². The number of nitrogens with zero attached hydrogens (tertiary/aromatic N) is 1. The fraction of sp³-hybridized carbons (Fsp3) is 0.118. The van der Waals surface area contributed by atoms with Gasteiger partial charge in [0, 0.05) is 11.1 Å². The molecule has 4 nitrogen and oxygen atoms in total. The van der Waals surface area contributed by atoms with E-state index in [1.807, 2.05) is 25.1 Å². The molecule has 3 rings (SSSR count). The van der Waals surface area contributed by atoms with Gasteiger partial charge in [-0.1, -0.05) is 37.3 Å². The number of aromatic amines is 1. The van der Waals surface area contributed by atoms with E-state index in [-0.39, 0.29) is 11.3 Å². The monoisotopic (exact) mass is 278 g/mol. The minimum atomic E-state index is -0.200. The van der Waals surface area contributed by atoms with Crippen LogP contribution in [0.2, 0.25) is 0 Å². The lowest BCUT2D eigenvalue weighted by molar-refractivity contribution is 0.103. The van der Waals surface area contributed by atoms with Crippen molar-refractivity contribution in [1.82, 2.24) is 9.97 Å². The number of benzene rings is 2. The van der Waals surface area contributed by atoms with Gasteiger partial charge in [-0.05, 0) is 24.6 Å². The Balaban J connectivity index is 2.09. The second-order valence-corrected chi connectivity index (χ2v) is 4.79. The van der Waals surface area contributed by atoms with Gasteiger partial charge in [0.05, 0.1) is 11.0 Å². The largest absolute Gasteiger partial charge is 0.319 e. The van der Waals surface area contributed by atoms with Crippen LogP contribution < -0.4 is 5.56 Å². The number of fused-ring (bicyclic) bond motifs is 1. The molecule has 0 saturated heterocycles. The van der Waals surface area contributed by atoms with Gasteiger partial charge < -0.3 is 4.98 Å².